The maximum Gasteiger partial charge on any atom is 0.344 e. The van der Waals surface area contributed by atoms with Gasteiger partial charge in [-0.1, -0.05) is 43.0 Å². The van der Waals surface area contributed by atoms with Gasteiger partial charge in [0.2, 0.25) is 0 Å². The third kappa shape index (κ3) is 4.32. The zero-order valence-corrected chi connectivity index (χ0v) is 17.9. The Hall–Kier alpha value is -2.51. The van der Waals surface area contributed by atoms with E-state index in [1.165, 1.54) is 0 Å². The highest BCUT2D eigenvalue weighted by molar-refractivity contribution is 7.98. The third-order valence-electron chi connectivity index (χ3n) is 5.52. The Morgan fingerprint density at radius 2 is 1.70 bits per heavy atom. The minimum absolute atomic E-state index is 0.364. The van der Waals surface area contributed by atoms with E-state index in [0.717, 1.165) is 40.5 Å². The number of imide groups is 1. The van der Waals surface area contributed by atoms with E-state index in [1.54, 1.807) is 23.9 Å². The molecule has 8 heteroatoms. The first-order chi connectivity index (χ1) is 14.5. The van der Waals surface area contributed by atoms with E-state index in [0.29, 0.717) is 23.4 Å². The number of nitrogens with one attached hydrogen (secondary N) is 2. The minimum atomic E-state index is -0.856. The number of carbonyl (C=O) groups is 3. The lowest BCUT2D eigenvalue weighted by Gasteiger charge is -2.30. The van der Waals surface area contributed by atoms with Crippen molar-refractivity contribution in [1.82, 2.24) is 15.8 Å². The molecule has 2 aliphatic rings. The fourth-order valence-electron chi connectivity index (χ4n) is 3.83. The smallest absolute Gasteiger partial charge is 0.322 e. The molecule has 4 amide bonds. The van der Waals surface area contributed by atoms with Crippen LogP contribution in [0.3, 0.4) is 0 Å². The zero-order chi connectivity index (χ0) is 21.1. The summed E-state index contributed by atoms with van der Waals surface area (Å²) in [4.78, 5) is 38.8. The van der Waals surface area contributed by atoms with E-state index >= 15 is 0 Å². The molecule has 4 rings (SSSR count). The van der Waals surface area contributed by atoms with Gasteiger partial charge in [0.05, 0.1) is 0 Å². The van der Waals surface area contributed by atoms with Crippen LogP contribution in [0, 0.1) is 0 Å². The van der Waals surface area contributed by atoms with Gasteiger partial charge in [-0.05, 0) is 54.8 Å². The molecule has 1 aliphatic carbocycles. The molecule has 1 spiro atoms. The molecule has 2 N–H and O–H groups in total. The van der Waals surface area contributed by atoms with Gasteiger partial charge in [-0.15, -0.1) is 11.8 Å². The maximum atomic E-state index is 12.8. The predicted molar refractivity (Wildman–Crippen MR) is 116 cm³/mol. The topological polar surface area (TPSA) is 78.5 Å². The second-order valence-electron chi connectivity index (χ2n) is 7.59. The minimum Gasteiger partial charge on any atom is -0.322 e. The Morgan fingerprint density at radius 3 is 2.37 bits per heavy atom. The molecule has 0 unspecified atom stereocenters. The molecule has 1 aliphatic heterocycles. The lowest BCUT2D eigenvalue weighted by molar-refractivity contribution is -0.134. The Balaban J connectivity index is 1.36. The van der Waals surface area contributed by atoms with E-state index < -0.39 is 17.5 Å². The quantitative estimate of drug-likeness (QED) is 0.525. The molecular formula is C22H22ClN3O3S. The fourth-order valence-corrected chi connectivity index (χ4v) is 4.81. The first kappa shape index (κ1) is 20.8. The predicted octanol–water partition coefficient (Wildman–Crippen LogP) is 4.53. The number of rotatable bonds is 5. The number of halogens is 1. The van der Waals surface area contributed by atoms with Gasteiger partial charge in [0.15, 0.2) is 0 Å². The van der Waals surface area contributed by atoms with Crippen LogP contribution in [0.5, 0.6) is 0 Å². The van der Waals surface area contributed by atoms with E-state index in [-0.39, 0.29) is 5.91 Å². The normalized spacial score (nSPS) is 17.8. The molecule has 6 nitrogen and oxygen atoms in total. The van der Waals surface area contributed by atoms with Crippen LogP contribution in [0.1, 0.15) is 48.0 Å². The summed E-state index contributed by atoms with van der Waals surface area (Å²) in [6.07, 6.45) is 4.07. The first-order valence-corrected chi connectivity index (χ1v) is 11.3. The van der Waals surface area contributed by atoms with Gasteiger partial charge in [-0.3, -0.25) is 15.0 Å². The van der Waals surface area contributed by atoms with Crippen LogP contribution in [0.15, 0.2) is 53.4 Å². The summed E-state index contributed by atoms with van der Waals surface area (Å²) < 4.78 is 0. The molecular weight excluding hydrogens is 422 g/mol. The molecule has 2 fully saturated rings. The number of hydrazine groups is 1. The number of urea groups is 1. The molecule has 1 saturated carbocycles. The molecule has 0 atom stereocenters. The van der Waals surface area contributed by atoms with Crippen molar-refractivity contribution in [2.24, 2.45) is 0 Å². The van der Waals surface area contributed by atoms with Crippen LogP contribution in [-0.2, 0) is 10.5 Å². The van der Waals surface area contributed by atoms with Crippen LogP contribution < -0.4 is 10.7 Å². The van der Waals surface area contributed by atoms with Crippen molar-refractivity contribution in [2.45, 2.75) is 48.3 Å². The highest BCUT2D eigenvalue weighted by Gasteiger charge is 2.52. The van der Waals surface area contributed by atoms with Crippen LogP contribution in [-0.4, -0.2) is 28.4 Å². The number of amides is 4. The summed E-state index contributed by atoms with van der Waals surface area (Å²) >= 11 is 7.57. The van der Waals surface area contributed by atoms with Gasteiger partial charge in [-0.25, -0.2) is 4.79 Å². The van der Waals surface area contributed by atoms with Crippen LogP contribution >= 0.6 is 23.4 Å². The summed E-state index contributed by atoms with van der Waals surface area (Å²) in [5, 5.41) is 4.32. The number of hydrogen-bond acceptors (Lipinski definition) is 4. The molecule has 0 aromatic heterocycles. The number of benzene rings is 2. The van der Waals surface area contributed by atoms with Gasteiger partial charge >= 0.3 is 6.03 Å². The van der Waals surface area contributed by atoms with Gasteiger partial charge in [0.1, 0.15) is 5.54 Å². The molecule has 0 bridgehead atoms. The fraction of sp³-hybridized carbons (Fsp3) is 0.318. The summed E-state index contributed by atoms with van der Waals surface area (Å²) in [5.41, 5.74) is 3.06. The molecule has 0 radical (unpaired) electrons. The molecule has 2 aromatic carbocycles. The van der Waals surface area contributed by atoms with E-state index in [9.17, 15) is 14.4 Å². The van der Waals surface area contributed by atoms with Crippen molar-refractivity contribution >= 4 is 41.2 Å². The van der Waals surface area contributed by atoms with Crippen LogP contribution in [0.4, 0.5) is 4.79 Å². The van der Waals surface area contributed by atoms with Gasteiger partial charge < -0.3 is 5.32 Å². The van der Waals surface area contributed by atoms with Crippen molar-refractivity contribution in [3.8, 4) is 0 Å². The molecule has 2 aromatic rings. The summed E-state index contributed by atoms with van der Waals surface area (Å²) in [5.74, 6) is -0.0983. The molecule has 1 heterocycles. The van der Waals surface area contributed by atoms with Gasteiger partial charge in [0, 0.05) is 21.2 Å². The molecule has 156 valence electrons. The standard InChI is InChI=1S/C22H22ClN3O3S/c23-17-8-10-18(11-9-17)30-14-15-4-6-16(7-5-15)19(27)25-26-20(28)22(24-21(26)29)12-2-1-3-13-22/h4-11H,1-3,12-14H2,(H,24,29)(H,25,27). The highest BCUT2D eigenvalue weighted by atomic mass is 35.5. The van der Waals surface area contributed by atoms with Crippen molar-refractivity contribution in [1.29, 1.82) is 0 Å². The average molecular weight is 444 g/mol. The van der Waals surface area contributed by atoms with Gasteiger partial charge in [0.25, 0.3) is 11.8 Å². The van der Waals surface area contributed by atoms with Crippen molar-refractivity contribution in [3.05, 3.63) is 64.7 Å². The Morgan fingerprint density at radius 1 is 1.03 bits per heavy atom. The maximum absolute atomic E-state index is 12.8. The Labute approximate surface area is 184 Å². The monoisotopic (exact) mass is 443 g/mol. The average Bonchev–Trinajstić information content (AvgIpc) is 2.98. The summed E-state index contributed by atoms with van der Waals surface area (Å²) in [6, 6.07) is 14.2. The molecule has 1 saturated heterocycles. The second kappa shape index (κ2) is 8.70. The van der Waals surface area contributed by atoms with Crippen LogP contribution in [0.2, 0.25) is 5.02 Å². The number of thioether (sulfide) groups is 1. The molecule has 30 heavy (non-hydrogen) atoms. The van der Waals surface area contributed by atoms with Crippen molar-refractivity contribution < 1.29 is 14.4 Å². The lowest BCUT2D eigenvalue weighted by Crippen LogP contribution is -2.50. The van der Waals surface area contributed by atoms with Crippen molar-refractivity contribution in [2.75, 3.05) is 0 Å². The SMILES string of the molecule is O=C(NN1C(=O)NC2(CCCCC2)C1=O)c1ccc(CSc2ccc(Cl)cc2)cc1. The van der Waals surface area contributed by atoms with E-state index in [4.69, 9.17) is 11.6 Å². The first-order valence-electron chi connectivity index (χ1n) is 9.92. The largest absolute Gasteiger partial charge is 0.344 e. The second-order valence-corrected chi connectivity index (χ2v) is 9.08. The highest BCUT2D eigenvalue weighted by Crippen LogP contribution is 2.33. The summed E-state index contributed by atoms with van der Waals surface area (Å²) in [6.45, 7) is 0. The van der Waals surface area contributed by atoms with Crippen molar-refractivity contribution in [3.63, 3.8) is 0 Å². The number of carbonyl (C=O) groups excluding carboxylic acids is 3. The van der Waals surface area contributed by atoms with E-state index in [1.807, 2.05) is 36.4 Å². The zero-order valence-electron chi connectivity index (χ0n) is 16.3. The number of hydrogen-bond donors (Lipinski definition) is 2. The van der Waals surface area contributed by atoms with E-state index in [2.05, 4.69) is 10.7 Å². The van der Waals surface area contributed by atoms with Crippen LogP contribution in [0.25, 0.3) is 0 Å². The Bertz CT molecular complexity index is 957. The number of nitrogens with zero attached hydrogens (tertiary/aromatic N) is 1. The lowest BCUT2D eigenvalue weighted by atomic mass is 9.82. The summed E-state index contributed by atoms with van der Waals surface area (Å²) in [7, 11) is 0. The third-order valence-corrected chi connectivity index (χ3v) is 6.85. The van der Waals surface area contributed by atoms with Gasteiger partial charge in [-0.2, -0.15) is 5.01 Å². The Kier molecular flexibility index (Phi) is 6.01.